The molecule has 150 valence electrons. The number of ether oxygens (including phenoxy) is 1. The molecular formula is C19H31N5O3. The van der Waals surface area contributed by atoms with Crippen molar-refractivity contribution < 1.29 is 14.3 Å². The smallest absolute Gasteiger partial charge is 0.313 e. The molecule has 0 radical (unpaired) electrons. The first kappa shape index (κ1) is 19.8. The SMILES string of the molecule is CC[C@H]1CCC[C@H](NC(=O)C(=O)Nc2cnn(CCN3CCOCC3)c2)C1. The van der Waals surface area contributed by atoms with E-state index in [1.165, 1.54) is 6.42 Å². The van der Waals surface area contributed by atoms with Crippen molar-refractivity contribution in [2.45, 2.75) is 51.6 Å². The van der Waals surface area contributed by atoms with Gasteiger partial charge in [0.15, 0.2) is 0 Å². The average Bonchev–Trinajstić information content (AvgIpc) is 3.14. The largest absolute Gasteiger partial charge is 0.379 e. The zero-order valence-corrected chi connectivity index (χ0v) is 16.2. The van der Waals surface area contributed by atoms with Crippen LogP contribution in [0.4, 0.5) is 5.69 Å². The van der Waals surface area contributed by atoms with Gasteiger partial charge in [-0.1, -0.05) is 26.2 Å². The van der Waals surface area contributed by atoms with Crippen LogP contribution in [0.2, 0.25) is 0 Å². The lowest BCUT2D eigenvalue weighted by Gasteiger charge is -2.28. The van der Waals surface area contributed by atoms with Gasteiger partial charge in [0.05, 0.1) is 31.6 Å². The maximum Gasteiger partial charge on any atom is 0.313 e. The molecule has 2 heterocycles. The van der Waals surface area contributed by atoms with Crippen molar-refractivity contribution in [3.05, 3.63) is 12.4 Å². The van der Waals surface area contributed by atoms with E-state index in [4.69, 9.17) is 4.74 Å². The predicted octanol–water partition coefficient (Wildman–Crippen LogP) is 1.24. The van der Waals surface area contributed by atoms with E-state index in [2.05, 4.69) is 27.6 Å². The summed E-state index contributed by atoms with van der Waals surface area (Å²) in [5.41, 5.74) is 0.548. The minimum Gasteiger partial charge on any atom is -0.379 e. The standard InChI is InChI=1S/C19H31N5O3/c1-2-15-4-3-5-16(12-15)21-18(25)19(26)22-17-13-20-24(14-17)7-6-23-8-10-27-11-9-23/h13-16H,2-12H2,1H3,(H,21,25)(H,22,26)/t15-,16-/m0/s1. The number of aromatic nitrogens is 2. The van der Waals surface area contributed by atoms with Crippen molar-refractivity contribution in [1.82, 2.24) is 20.0 Å². The first-order valence-electron chi connectivity index (χ1n) is 10.1. The molecule has 2 N–H and O–H groups in total. The summed E-state index contributed by atoms with van der Waals surface area (Å²) in [6.45, 7) is 7.22. The lowest BCUT2D eigenvalue weighted by atomic mass is 9.84. The molecule has 0 spiro atoms. The fourth-order valence-corrected chi connectivity index (χ4v) is 3.85. The summed E-state index contributed by atoms with van der Waals surface area (Å²) in [5, 5.41) is 9.79. The Labute approximate surface area is 160 Å². The molecule has 1 aromatic heterocycles. The van der Waals surface area contributed by atoms with Crippen LogP contribution in [0.1, 0.15) is 39.0 Å². The van der Waals surface area contributed by atoms with E-state index >= 15 is 0 Å². The highest BCUT2D eigenvalue weighted by molar-refractivity contribution is 6.39. The normalized spacial score (nSPS) is 23.7. The second kappa shape index (κ2) is 9.85. The molecule has 1 aromatic rings. The van der Waals surface area contributed by atoms with Crippen molar-refractivity contribution in [3.63, 3.8) is 0 Å². The van der Waals surface area contributed by atoms with E-state index in [1.807, 2.05) is 0 Å². The molecule has 2 aliphatic rings. The molecule has 8 nitrogen and oxygen atoms in total. The Hall–Kier alpha value is -1.93. The first-order chi connectivity index (χ1) is 13.1. The van der Waals surface area contributed by atoms with Gasteiger partial charge in [-0.15, -0.1) is 0 Å². The molecular weight excluding hydrogens is 346 g/mol. The van der Waals surface area contributed by atoms with Crippen LogP contribution in [0.25, 0.3) is 0 Å². The second-order valence-corrected chi connectivity index (χ2v) is 7.51. The minimum atomic E-state index is -0.624. The van der Waals surface area contributed by atoms with E-state index in [0.29, 0.717) is 11.6 Å². The van der Waals surface area contributed by atoms with E-state index in [0.717, 1.165) is 65.1 Å². The predicted molar refractivity (Wildman–Crippen MR) is 102 cm³/mol. The molecule has 1 aliphatic carbocycles. The Morgan fingerprint density at radius 3 is 2.81 bits per heavy atom. The molecule has 1 saturated heterocycles. The maximum atomic E-state index is 12.2. The number of rotatable bonds is 6. The van der Waals surface area contributed by atoms with Gasteiger partial charge >= 0.3 is 11.8 Å². The molecule has 1 saturated carbocycles. The third-order valence-corrected chi connectivity index (χ3v) is 5.54. The zero-order chi connectivity index (χ0) is 19.1. The van der Waals surface area contributed by atoms with Crippen LogP contribution < -0.4 is 10.6 Å². The summed E-state index contributed by atoms with van der Waals surface area (Å²) >= 11 is 0. The monoisotopic (exact) mass is 377 g/mol. The number of nitrogens with zero attached hydrogens (tertiary/aromatic N) is 3. The van der Waals surface area contributed by atoms with Crippen LogP contribution in [-0.2, 0) is 20.9 Å². The van der Waals surface area contributed by atoms with Crippen molar-refractivity contribution in [2.75, 3.05) is 38.2 Å². The van der Waals surface area contributed by atoms with Gasteiger partial charge in [-0.2, -0.15) is 5.10 Å². The third-order valence-electron chi connectivity index (χ3n) is 5.54. The molecule has 0 aromatic carbocycles. The Kier molecular flexibility index (Phi) is 7.23. The summed E-state index contributed by atoms with van der Waals surface area (Å²) in [6.07, 6.45) is 8.73. The van der Waals surface area contributed by atoms with Gasteiger partial charge in [-0.25, -0.2) is 0 Å². The maximum absolute atomic E-state index is 12.2. The lowest BCUT2D eigenvalue weighted by molar-refractivity contribution is -0.136. The third kappa shape index (κ3) is 6.04. The van der Waals surface area contributed by atoms with E-state index < -0.39 is 11.8 Å². The van der Waals surface area contributed by atoms with E-state index in [-0.39, 0.29) is 6.04 Å². The Morgan fingerprint density at radius 1 is 1.22 bits per heavy atom. The summed E-state index contributed by atoms with van der Waals surface area (Å²) in [5.74, 6) is -0.531. The lowest BCUT2D eigenvalue weighted by Crippen LogP contribution is -2.43. The van der Waals surface area contributed by atoms with Crippen molar-refractivity contribution in [3.8, 4) is 0 Å². The number of morpholine rings is 1. The number of nitrogens with one attached hydrogen (secondary N) is 2. The van der Waals surface area contributed by atoms with E-state index in [9.17, 15) is 9.59 Å². The summed E-state index contributed by atoms with van der Waals surface area (Å²) in [6, 6.07) is 0.109. The minimum absolute atomic E-state index is 0.109. The average molecular weight is 377 g/mol. The van der Waals surface area contributed by atoms with Crippen LogP contribution in [0.5, 0.6) is 0 Å². The van der Waals surface area contributed by atoms with Crippen LogP contribution in [0.15, 0.2) is 12.4 Å². The molecule has 2 atom stereocenters. The van der Waals surface area contributed by atoms with E-state index in [1.54, 1.807) is 17.1 Å². The van der Waals surface area contributed by atoms with Gasteiger partial charge in [-0.05, 0) is 18.8 Å². The van der Waals surface area contributed by atoms with Crippen LogP contribution in [0, 0.1) is 5.92 Å². The Balaban J connectivity index is 1.42. The highest BCUT2D eigenvalue weighted by Gasteiger charge is 2.24. The number of carbonyl (C=O) groups is 2. The molecule has 1 aliphatic heterocycles. The summed E-state index contributed by atoms with van der Waals surface area (Å²) < 4.78 is 7.13. The van der Waals surface area contributed by atoms with Crippen molar-refractivity contribution >= 4 is 17.5 Å². The van der Waals surface area contributed by atoms with Crippen molar-refractivity contribution in [1.29, 1.82) is 0 Å². The second-order valence-electron chi connectivity index (χ2n) is 7.51. The van der Waals surface area contributed by atoms with Crippen LogP contribution in [-0.4, -0.2) is 65.4 Å². The highest BCUT2D eigenvalue weighted by Crippen LogP contribution is 2.26. The van der Waals surface area contributed by atoms with Gasteiger partial charge < -0.3 is 15.4 Å². The van der Waals surface area contributed by atoms with Gasteiger partial charge in [0, 0.05) is 31.9 Å². The number of anilines is 1. The first-order valence-corrected chi connectivity index (χ1v) is 10.1. The number of hydrogen-bond acceptors (Lipinski definition) is 5. The van der Waals surface area contributed by atoms with Crippen LogP contribution >= 0.6 is 0 Å². The topological polar surface area (TPSA) is 88.5 Å². The fraction of sp³-hybridized carbons (Fsp3) is 0.737. The van der Waals surface area contributed by atoms with Crippen molar-refractivity contribution in [2.24, 2.45) is 5.92 Å². The molecule has 3 rings (SSSR count). The van der Waals surface area contributed by atoms with Gasteiger partial charge in [0.1, 0.15) is 0 Å². The van der Waals surface area contributed by atoms with Gasteiger partial charge in [0.25, 0.3) is 0 Å². The van der Waals surface area contributed by atoms with Gasteiger partial charge in [0.2, 0.25) is 0 Å². The fourth-order valence-electron chi connectivity index (χ4n) is 3.85. The Bertz CT molecular complexity index is 627. The van der Waals surface area contributed by atoms with Gasteiger partial charge in [-0.3, -0.25) is 19.2 Å². The molecule has 8 heteroatoms. The quantitative estimate of drug-likeness (QED) is 0.728. The molecule has 0 bridgehead atoms. The number of carbonyl (C=O) groups excluding carboxylic acids is 2. The zero-order valence-electron chi connectivity index (χ0n) is 16.2. The molecule has 2 fully saturated rings. The Morgan fingerprint density at radius 2 is 2.04 bits per heavy atom. The summed E-state index contributed by atoms with van der Waals surface area (Å²) in [7, 11) is 0. The molecule has 27 heavy (non-hydrogen) atoms. The molecule has 2 amide bonds. The summed E-state index contributed by atoms with van der Waals surface area (Å²) in [4.78, 5) is 26.7. The van der Waals surface area contributed by atoms with Crippen LogP contribution in [0.3, 0.4) is 0 Å². The number of amides is 2. The molecule has 0 unspecified atom stereocenters. The highest BCUT2D eigenvalue weighted by atomic mass is 16.5. The number of hydrogen-bond donors (Lipinski definition) is 2.